The van der Waals surface area contributed by atoms with E-state index in [0.717, 1.165) is 17.5 Å². The van der Waals surface area contributed by atoms with Gasteiger partial charge in [0.05, 0.1) is 5.01 Å². The Bertz CT molecular complexity index is 562. The Kier molecular flexibility index (Phi) is 3.93. The monoisotopic (exact) mass is 285 g/mol. The van der Waals surface area contributed by atoms with Crippen molar-refractivity contribution in [1.29, 1.82) is 0 Å². The standard InChI is InChI=1S/C18H23NS/c1-12(8-13(2)18-19-14(3)11-20-18)17-9-15-6-4-5-7-16(15)10-17/h4-7,11-13,17H,8-10H2,1-3H3. The lowest BCUT2D eigenvalue weighted by atomic mass is 9.85. The number of hydrogen-bond acceptors (Lipinski definition) is 2. The number of aryl methyl sites for hydroxylation is 1. The van der Waals surface area contributed by atoms with Gasteiger partial charge in [0, 0.05) is 17.0 Å². The SMILES string of the molecule is Cc1csc(C(C)CC(C)C2Cc3ccccc3C2)n1. The summed E-state index contributed by atoms with van der Waals surface area (Å²) in [5.41, 5.74) is 4.31. The molecule has 0 N–H and O–H groups in total. The number of nitrogens with zero attached hydrogens (tertiary/aromatic N) is 1. The zero-order valence-corrected chi connectivity index (χ0v) is 13.4. The van der Waals surface area contributed by atoms with Gasteiger partial charge in [-0.1, -0.05) is 38.1 Å². The van der Waals surface area contributed by atoms with Gasteiger partial charge in [0.25, 0.3) is 0 Å². The molecule has 3 rings (SSSR count). The van der Waals surface area contributed by atoms with E-state index in [1.54, 1.807) is 11.1 Å². The van der Waals surface area contributed by atoms with E-state index in [1.165, 1.54) is 24.3 Å². The van der Waals surface area contributed by atoms with Crippen LogP contribution in [-0.4, -0.2) is 4.98 Å². The van der Waals surface area contributed by atoms with Crippen LogP contribution in [0.5, 0.6) is 0 Å². The zero-order chi connectivity index (χ0) is 14.1. The number of benzene rings is 1. The molecule has 2 aromatic rings. The Morgan fingerprint density at radius 1 is 1.20 bits per heavy atom. The Labute approximate surface area is 126 Å². The Balaban J connectivity index is 1.62. The second-order valence-corrected chi connectivity index (χ2v) is 7.27. The smallest absolute Gasteiger partial charge is 0.0956 e. The van der Waals surface area contributed by atoms with Crippen molar-refractivity contribution in [2.45, 2.75) is 46.0 Å². The van der Waals surface area contributed by atoms with Gasteiger partial charge in [-0.3, -0.25) is 0 Å². The molecule has 1 aliphatic carbocycles. The number of fused-ring (bicyclic) bond motifs is 1. The summed E-state index contributed by atoms with van der Waals surface area (Å²) in [6, 6.07) is 8.95. The molecule has 2 atom stereocenters. The van der Waals surface area contributed by atoms with Crippen LogP contribution >= 0.6 is 11.3 Å². The van der Waals surface area contributed by atoms with Gasteiger partial charge >= 0.3 is 0 Å². The summed E-state index contributed by atoms with van der Waals surface area (Å²) < 4.78 is 0. The van der Waals surface area contributed by atoms with Crippen LogP contribution in [0, 0.1) is 18.8 Å². The first-order valence-electron chi connectivity index (χ1n) is 7.62. The number of hydrogen-bond donors (Lipinski definition) is 0. The minimum atomic E-state index is 0.590. The van der Waals surface area contributed by atoms with Crippen LogP contribution < -0.4 is 0 Å². The summed E-state index contributed by atoms with van der Waals surface area (Å²) in [5, 5.41) is 3.48. The van der Waals surface area contributed by atoms with Gasteiger partial charge < -0.3 is 0 Å². The van der Waals surface area contributed by atoms with Crippen molar-refractivity contribution in [1.82, 2.24) is 4.98 Å². The molecule has 2 unspecified atom stereocenters. The van der Waals surface area contributed by atoms with Crippen molar-refractivity contribution in [3.05, 3.63) is 51.5 Å². The lowest BCUT2D eigenvalue weighted by Gasteiger charge is -2.21. The van der Waals surface area contributed by atoms with Crippen LogP contribution in [-0.2, 0) is 12.8 Å². The van der Waals surface area contributed by atoms with E-state index < -0.39 is 0 Å². The molecule has 1 aromatic heterocycles. The minimum Gasteiger partial charge on any atom is -0.246 e. The average Bonchev–Trinajstić information content (AvgIpc) is 3.04. The van der Waals surface area contributed by atoms with Crippen LogP contribution in [0.2, 0.25) is 0 Å². The summed E-state index contributed by atoms with van der Waals surface area (Å²) in [7, 11) is 0. The molecule has 1 aromatic carbocycles. The lowest BCUT2D eigenvalue weighted by Crippen LogP contribution is -2.14. The summed E-state index contributed by atoms with van der Waals surface area (Å²) in [4.78, 5) is 4.65. The molecule has 0 saturated heterocycles. The van der Waals surface area contributed by atoms with Crippen molar-refractivity contribution in [2.24, 2.45) is 11.8 Å². The predicted molar refractivity (Wildman–Crippen MR) is 86.4 cm³/mol. The molecule has 2 heteroatoms. The van der Waals surface area contributed by atoms with Gasteiger partial charge in [0.15, 0.2) is 0 Å². The largest absolute Gasteiger partial charge is 0.246 e. The molecule has 0 fully saturated rings. The third kappa shape index (κ3) is 2.80. The quantitative estimate of drug-likeness (QED) is 0.770. The molecule has 0 aliphatic heterocycles. The maximum Gasteiger partial charge on any atom is 0.0956 e. The molecule has 0 amide bonds. The molecule has 0 spiro atoms. The fourth-order valence-corrected chi connectivity index (χ4v) is 4.31. The fraction of sp³-hybridized carbons (Fsp3) is 0.500. The van der Waals surface area contributed by atoms with Crippen molar-refractivity contribution >= 4 is 11.3 Å². The van der Waals surface area contributed by atoms with Gasteiger partial charge in [0.1, 0.15) is 0 Å². The van der Waals surface area contributed by atoms with Crippen molar-refractivity contribution < 1.29 is 0 Å². The molecular weight excluding hydrogens is 262 g/mol. The van der Waals surface area contributed by atoms with E-state index in [4.69, 9.17) is 0 Å². The van der Waals surface area contributed by atoms with Gasteiger partial charge in [-0.05, 0) is 49.1 Å². The number of thiazole rings is 1. The second kappa shape index (κ2) is 5.69. The first kappa shape index (κ1) is 13.8. The highest BCUT2D eigenvalue weighted by atomic mass is 32.1. The summed E-state index contributed by atoms with van der Waals surface area (Å²) in [6.07, 6.45) is 3.79. The Morgan fingerprint density at radius 3 is 2.40 bits per heavy atom. The lowest BCUT2D eigenvalue weighted by molar-refractivity contribution is 0.333. The molecule has 1 nitrogen and oxygen atoms in total. The van der Waals surface area contributed by atoms with Crippen LogP contribution in [0.1, 0.15) is 48.0 Å². The van der Waals surface area contributed by atoms with Crippen LogP contribution in [0.3, 0.4) is 0 Å². The second-order valence-electron chi connectivity index (χ2n) is 6.38. The van der Waals surface area contributed by atoms with E-state index in [0.29, 0.717) is 5.92 Å². The van der Waals surface area contributed by atoms with Gasteiger partial charge in [-0.2, -0.15) is 0 Å². The van der Waals surface area contributed by atoms with E-state index >= 15 is 0 Å². The number of rotatable bonds is 4. The molecule has 20 heavy (non-hydrogen) atoms. The molecular formula is C18H23NS. The first-order chi connectivity index (χ1) is 9.63. The van der Waals surface area contributed by atoms with Crippen LogP contribution in [0.4, 0.5) is 0 Å². The number of aromatic nitrogens is 1. The molecule has 1 aliphatic rings. The maximum atomic E-state index is 4.65. The zero-order valence-electron chi connectivity index (χ0n) is 12.6. The molecule has 1 heterocycles. The Morgan fingerprint density at radius 2 is 1.85 bits per heavy atom. The molecule has 106 valence electrons. The van der Waals surface area contributed by atoms with E-state index in [-0.39, 0.29) is 0 Å². The highest BCUT2D eigenvalue weighted by Gasteiger charge is 2.27. The van der Waals surface area contributed by atoms with E-state index in [2.05, 4.69) is 55.4 Å². The summed E-state index contributed by atoms with van der Waals surface area (Å²) in [6.45, 7) is 6.84. The highest BCUT2D eigenvalue weighted by Crippen LogP contribution is 2.36. The van der Waals surface area contributed by atoms with Crippen molar-refractivity contribution in [3.63, 3.8) is 0 Å². The topological polar surface area (TPSA) is 12.9 Å². The molecule has 0 radical (unpaired) electrons. The van der Waals surface area contributed by atoms with Gasteiger partial charge in [-0.25, -0.2) is 4.98 Å². The third-order valence-corrected chi connectivity index (χ3v) is 5.87. The van der Waals surface area contributed by atoms with E-state index in [1.807, 2.05) is 11.3 Å². The van der Waals surface area contributed by atoms with Crippen LogP contribution in [0.25, 0.3) is 0 Å². The molecule has 0 saturated carbocycles. The van der Waals surface area contributed by atoms with Crippen molar-refractivity contribution in [2.75, 3.05) is 0 Å². The summed E-state index contributed by atoms with van der Waals surface area (Å²) >= 11 is 1.82. The van der Waals surface area contributed by atoms with Crippen molar-refractivity contribution in [3.8, 4) is 0 Å². The first-order valence-corrected chi connectivity index (χ1v) is 8.50. The normalized spacial score (nSPS) is 17.9. The third-order valence-electron chi connectivity index (χ3n) is 4.67. The fourth-order valence-electron chi connectivity index (χ4n) is 3.44. The summed E-state index contributed by atoms with van der Waals surface area (Å²) in [5.74, 6) is 2.17. The predicted octanol–water partition coefficient (Wildman–Crippen LogP) is 5.00. The maximum absolute atomic E-state index is 4.65. The molecule has 0 bridgehead atoms. The van der Waals surface area contributed by atoms with Crippen LogP contribution in [0.15, 0.2) is 29.6 Å². The van der Waals surface area contributed by atoms with Gasteiger partial charge in [0.2, 0.25) is 0 Å². The van der Waals surface area contributed by atoms with E-state index in [9.17, 15) is 0 Å². The van der Waals surface area contributed by atoms with Gasteiger partial charge in [-0.15, -0.1) is 11.3 Å². The Hall–Kier alpha value is -1.15. The highest BCUT2D eigenvalue weighted by molar-refractivity contribution is 7.09. The minimum absolute atomic E-state index is 0.590. The average molecular weight is 285 g/mol.